The summed E-state index contributed by atoms with van der Waals surface area (Å²) >= 11 is 0. The van der Waals surface area contributed by atoms with E-state index in [9.17, 15) is 24.3 Å². The molecular weight excluding hydrogens is 628 g/mol. The van der Waals surface area contributed by atoms with Crippen LogP contribution in [-0.2, 0) is 38.1 Å². The Labute approximate surface area is 282 Å². The number of hydrogen-bond acceptors (Lipinski definition) is 12. The molecule has 3 unspecified atom stereocenters. The first-order chi connectivity index (χ1) is 22.5. The number of Topliss-reactive ketones (excluding diaryl/α,β-unsaturated/α-hetero) is 1. The molecule has 0 spiro atoms. The number of unbranched alkanes of at least 4 members (excludes halogenated alkanes) is 1. The number of azide groups is 1. The van der Waals surface area contributed by atoms with Crippen LogP contribution in [0.4, 0.5) is 4.79 Å². The van der Waals surface area contributed by atoms with Gasteiger partial charge in [-0.2, -0.15) is 0 Å². The van der Waals surface area contributed by atoms with Gasteiger partial charge in [-0.05, 0) is 65.3 Å². The Balaban J connectivity index is 2.02. The summed E-state index contributed by atoms with van der Waals surface area (Å²) in [7, 11) is 1.44. The van der Waals surface area contributed by atoms with Crippen molar-refractivity contribution in [3.63, 3.8) is 0 Å². The fraction of sp³-hybridized carbons (Fsp3) is 0.875. The molecule has 2 amide bonds. The molecule has 16 heteroatoms. The topological polar surface area (TPSA) is 225 Å². The summed E-state index contributed by atoms with van der Waals surface area (Å²) in [6.07, 6.45) is -4.22. The smallest absolute Gasteiger partial charge is 0.410 e. The van der Waals surface area contributed by atoms with Gasteiger partial charge in [0.2, 0.25) is 5.91 Å². The molecule has 4 N–H and O–H groups in total. The SMILES string of the molecule is CC[C@H]1OC(=O)CC(=O)[C@@H](C)[C@@H](O[C@@H]2OC(C)CC(N)C2O)[C@](C)(OC)C[C@@H](C)C(=O)N[C@H](C)[C@H]2N(CCCCN=[N+]=[N-])C(=O)O[C@]12C. The van der Waals surface area contributed by atoms with Gasteiger partial charge in [0.1, 0.15) is 24.4 Å². The minimum Gasteiger partial charge on any atom is -0.458 e. The van der Waals surface area contributed by atoms with Crippen LogP contribution >= 0.6 is 0 Å². The maximum absolute atomic E-state index is 13.8. The number of rotatable bonds is 9. The Hall–Kier alpha value is -3.01. The molecular formula is C32H54N6O10. The molecule has 3 fully saturated rings. The number of fused-ring (bicyclic) bond motifs is 1. The lowest BCUT2D eigenvalue weighted by molar-refractivity contribution is -0.288. The van der Waals surface area contributed by atoms with E-state index in [1.54, 1.807) is 48.5 Å². The molecule has 48 heavy (non-hydrogen) atoms. The molecule has 16 nitrogen and oxygen atoms in total. The molecule has 0 bridgehead atoms. The highest BCUT2D eigenvalue weighted by Gasteiger charge is 2.58. The maximum Gasteiger partial charge on any atom is 0.410 e. The second-order valence-electron chi connectivity index (χ2n) is 13.9. The van der Waals surface area contributed by atoms with Crippen molar-refractivity contribution < 1.29 is 48.0 Å². The molecule has 0 saturated carbocycles. The molecule has 3 saturated heterocycles. The van der Waals surface area contributed by atoms with Crippen molar-refractivity contribution in [1.82, 2.24) is 10.2 Å². The number of methoxy groups -OCH3 is 1. The number of carbonyl (C=O) groups is 4. The minimum atomic E-state index is -1.38. The van der Waals surface area contributed by atoms with E-state index in [-0.39, 0.29) is 37.9 Å². The van der Waals surface area contributed by atoms with Gasteiger partial charge in [-0.3, -0.25) is 19.3 Å². The molecule has 0 aromatic carbocycles. The van der Waals surface area contributed by atoms with Crippen LogP contribution < -0.4 is 11.1 Å². The van der Waals surface area contributed by atoms with Crippen molar-refractivity contribution in [2.24, 2.45) is 22.7 Å². The fourth-order valence-corrected chi connectivity index (χ4v) is 7.37. The van der Waals surface area contributed by atoms with Crippen LogP contribution in [0.2, 0.25) is 0 Å². The maximum atomic E-state index is 13.8. The van der Waals surface area contributed by atoms with Gasteiger partial charge in [-0.25, -0.2) is 4.79 Å². The zero-order chi connectivity index (χ0) is 36.0. The third kappa shape index (κ3) is 8.77. The summed E-state index contributed by atoms with van der Waals surface area (Å²) in [5.41, 5.74) is 12.1. The minimum absolute atomic E-state index is 0.0806. The molecule has 12 atom stereocenters. The number of ether oxygens (including phenoxy) is 5. The Morgan fingerprint density at radius 3 is 2.48 bits per heavy atom. The summed E-state index contributed by atoms with van der Waals surface area (Å²) in [5.74, 6) is -3.34. The number of hydrogen-bond donors (Lipinski definition) is 3. The summed E-state index contributed by atoms with van der Waals surface area (Å²) < 4.78 is 30.0. The lowest BCUT2D eigenvalue weighted by atomic mass is 9.79. The number of aliphatic hydroxyl groups is 1. The molecule has 3 rings (SSSR count). The number of aliphatic hydroxyl groups excluding tert-OH is 1. The molecule has 3 aliphatic heterocycles. The van der Waals surface area contributed by atoms with Gasteiger partial charge in [0, 0.05) is 43.0 Å². The number of nitrogens with one attached hydrogen (secondary N) is 1. The van der Waals surface area contributed by atoms with Crippen molar-refractivity contribution in [3.8, 4) is 0 Å². The van der Waals surface area contributed by atoms with Crippen LogP contribution in [-0.4, -0.2) is 114 Å². The second-order valence-corrected chi connectivity index (χ2v) is 13.9. The first kappa shape index (κ1) is 39.4. The molecule has 0 aromatic heterocycles. The van der Waals surface area contributed by atoms with Crippen molar-refractivity contribution in [2.75, 3.05) is 20.2 Å². The van der Waals surface area contributed by atoms with Gasteiger partial charge >= 0.3 is 12.1 Å². The molecule has 0 radical (unpaired) electrons. The molecule has 0 aliphatic carbocycles. The predicted molar refractivity (Wildman–Crippen MR) is 172 cm³/mol. The van der Waals surface area contributed by atoms with E-state index >= 15 is 0 Å². The zero-order valence-electron chi connectivity index (χ0n) is 29.4. The standard InChI is InChI=1S/C32H54N6O10/c1-9-23-32(7)26(38(30(43)48-32)13-11-10-12-35-37-34)20(5)36-28(42)17(2)16-31(6,44-8)27(19(4)22(39)15-24(40)46-23)47-29-25(41)21(33)14-18(3)45-29/h17-21,23,25-27,29,41H,9-16,33H2,1-8H3,(H,36,42)/t17-,18?,19-,20-,21?,23-,25?,26-,27-,29+,31-,32-/m1/s1. The van der Waals surface area contributed by atoms with E-state index in [0.717, 1.165) is 0 Å². The van der Waals surface area contributed by atoms with Crippen LogP contribution in [0.5, 0.6) is 0 Å². The summed E-state index contributed by atoms with van der Waals surface area (Å²) in [4.78, 5) is 58.6. The normalized spacial score (nSPS) is 40.1. The van der Waals surface area contributed by atoms with E-state index in [2.05, 4.69) is 15.3 Å². The highest BCUT2D eigenvalue weighted by atomic mass is 16.7. The van der Waals surface area contributed by atoms with E-state index in [1.165, 1.54) is 12.0 Å². The largest absolute Gasteiger partial charge is 0.458 e. The third-order valence-corrected chi connectivity index (χ3v) is 10.0. The van der Waals surface area contributed by atoms with Crippen LogP contribution in [0.15, 0.2) is 5.11 Å². The van der Waals surface area contributed by atoms with E-state index in [1.807, 2.05) is 0 Å². The number of nitrogens with zero attached hydrogens (tertiary/aromatic N) is 4. The monoisotopic (exact) mass is 682 g/mol. The number of nitrogens with two attached hydrogens (primary N) is 1. The summed E-state index contributed by atoms with van der Waals surface area (Å²) in [5, 5.41) is 17.4. The first-order valence-corrected chi connectivity index (χ1v) is 16.9. The van der Waals surface area contributed by atoms with Crippen LogP contribution in [0.25, 0.3) is 10.4 Å². The Morgan fingerprint density at radius 2 is 1.85 bits per heavy atom. The number of esters is 1. The summed E-state index contributed by atoms with van der Waals surface area (Å²) in [6.45, 7) is 12.5. The van der Waals surface area contributed by atoms with Crippen LogP contribution in [0.3, 0.4) is 0 Å². The highest BCUT2D eigenvalue weighted by Crippen LogP contribution is 2.39. The van der Waals surface area contributed by atoms with Gasteiger partial charge in [0.05, 0.1) is 29.9 Å². The van der Waals surface area contributed by atoms with E-state index in [4.69, 9.17) is 34.9 Å². The van der Waals surface area contributed by atoms with E-state index < -0.39 is 90.0 Å². The highest BCUT2D eigenvalue weighted by molar-refractivity contribution is 5.97. The number of carbonyl (C=O) groups excluding carboxylic acids is 4. The Bertz CT molecular complexity index is 1220. The third-order valence-electron chi connectivity index (χ3n) is 10.0. The van der Waals surface area contributed by atoms with Crippen molar-refractivity contribution >= 4 is 23.8 Å². The molecule has 0 aromatic rings. The van der Waals surface area contributed by atoms with Gasteiger partial charge in [0.25, 0.3) is 0 Å². The number of amides is 2. The number of cyclic esters (lactones) is 1. The van der Waals surface area contributed by atoms with Crippen molar-refractivity contribution in [2.45, 2.75) is 147 Å². The summed E-state index contributed by atoms with van der Waals surface area (Å²) in [6, 6.07) is -2.05. The quantitative estimate of drug-likeness (QED) is 0.0800. The van der Waals surface area contributed by atoms with Crippen molar-refractivity contribution in [3.05, 3.63) is 10.4 Å². The fourth-order valence-electron chi connectivity index (χ4n) is 7.37. The van der Waals surface area contributed by atoms with E-state index in [0.29, 0.717) is 19.3 Å². The molecule has 272 valence electrons. The average Bonchev–Trinajstić information content (AvgIpc) is 3.28. The van der Waals surface area contributed by atoms with Gasteiger partial charge < -0.3 is 39.8 Å². The van der Waals surface area contributed by atoms with Crippen molar-refractivity contribution in [1.29, 1.82) is 0 Å². The molecule has 3 aliphatic rings. The Kier molecular flexibility index (Phi) is 13.6. The Morgan fingerprint density at radius 1 is 1.17 bits per heavy atom. The zero-order valence-corrected chi connectivity index (χ0v) is 29.4. The van der Waals surface area contributed by atoms with Gasteiger partial charge in [-0.15, -0.1) is 0 Å². The van der Waals surface area contributed by atoms with Gasteiger partial charge in [-0.1, -0.05) is 25.9 Å². The predicted octanol–water partition coefficient (Wildman–Crippen LogP) is 2.73. The first-order valence-electron chi connectivity index (χ1n) is 16.9. The lowest BCUT2D eigenvalue weighted by Crippen LogP contribution is -2.61. The second kappa shape index (κ2) is 16.6. The average molecular weight is 683 g/mol. The lowest BCUT2D eigenvalue weighted by Gasteiger charge is -2.45. The van der Waals surface area contributed by atoms with Crippen LogP contribution in [0, 0.1) is 11.8 Å². The molecule has 3 heterocycles. The van der Waals surface area contributed by atoms with Crippen LogP contribution in [0.1, 0.15) is 87.0 Å². The number of ketones is 1. The van der Waals surface area contributed by atoms with Gasteiger partial charge in [0.15, 0.2) is 11.9 Å².